The molecule has 0 radical (unpaired) electrons. The lowest BCUT2D eigenvalue weighted by molar-refractivity contribution is 0.0528. The van der Waals surface area contributed by atoms with Crippen LogP contribution >= 0.6 is 0 Å². The fourth-order valence-corrected chi connectivity index (χ4v) is 1.30. The molecule has 1 heterocycles. The molecule has 20 heavy (non-hydrogen) atoms. The van der Waals surface area contributed by atoms with E-state index in [4.69, 9.17) is 10.00 Å². The molecule has 0 saturated carbocycles. The van der Waals surface area contributed by atoms with Crippen molar-refractivity contribution in [1.29, 1.82) is 5.26 Å². The van der Waals surface area contributed by atoms with Crippen molar-refractivity contribution < 1.29 is 9.53 Å². The summed E-state index contributed by atoms with van der Waals surface area (Å²) in [5.74, 6) is 0.404. The number of anilines is 1. The summed E-state index contributed by atoms with van der Waals surface area (Å²) in [5.41, 5.74) is -0.178. The van der Waals surface area contributed by atoms with Gasteiger partial charge in [-0.15, -0.1) is 0 Å². The Morgan fingerprint density at radius 2 is 2.20 bits per heavy atom. The summed E-state index contributed by atoms with van der Waals surface area (Å²) in [7, 11) is 0. The van der Waals surface area contributed by atoms with Crippen LogP contribution in [0.15, 0.2) is 12.3 Å². The molecule has 0 unspecified atom stereocenters. The van der Waals surface area contributed by atoms with Crippen LogP contribution in [-0.4, -0.2) is 34.8 Å². The minimum atomic E-state index is -0.492. The van der Waals surface area contributed by atoms with E-state index < -0.39 is 11.7 Å². The van der Waals surface area contributed by atoms with Crippen molar-refractivity contribution in [3.8, 4) is 6.07 Å². The first-order chi connectivity index (χ1) is 9.40. The molecule has 0 aromatic carbocycles. The van der Waals surface area contributed by atoms with Gasteiger partial charge in [-0.2, -0.15) is 5.26 Å². The summed E-state index contributed by atoms with van der Waals surface area (Å²) in [5, 5.41) is 14.3. The van der Waals surface area contributed by atoms with E-state index in [1.165, 1.54) is 12.3 Å². The average molecular weight is 277 g/mol. The molecule has 0 spiro atoms. The van der Waals surface area contributed by atoms with Crippen LogP contribution in [0.25, 0.3) is 0 Å². The number of aromatic nitrogens is 2. The number of ether oxygens (including phenoxy) is 1. The highest BCUT2D eigenvalue weighted by molar-refractivity contribution is 5.67. The third-order valence-electron chi connectivity index (χ3n) is 2.08. The lowest BCUT2D eigenvalue weighted by Gasteiger charge is -2.19. The van der Waals surface area contributed by atoms with Crippen LogP contribution in [0.2, 0.25) is 0 Å². The average Bonchev–Trinajstić information content (AvgIpc) is 2.36. The smallest absolute Gasteiger partial charge is 0.407 e. The van der Waals surface area contributed by atoms with Crippen molar-refractivity contribution in [2.45, 2.75) is 32.8 Å². The van der Waals surface area contributed by atoms with Gasteiger partial charge in [0.25, 0.3) is 0 Å². The molecule has 1 rings (SSSR count). The Bertz CT molecular complexity index is 490. The van der Waals surface area contributed by atoms with Gasteiger partial charge in [0.15, 0.2) is 0 Å². The Labute approximate surface area is 118 Å². The van der Waals surface area contributed by atoms with Gasteiger partial charge in [-0.05, 0) is 33.3 Å². The first-order valence-corrected chi connectivity index (χ1v) is 6.34. The van der Waals surface area contributed by atoms with Crippen LogP contribution in [0.5, 0.6) is 0 Å². The van der Waals surface area contributed by atoms with Crippen LogP contribution < -0.4 is 10.6 Å². The quantitative estimate of drug-likeness (QED) is 0.794. The van der Waals surface area contributed by atoms with Crippen molar-refractivity contribution in [2.75, 3.05) is 18.4 Å². The van der Waals surface area contributed by atoms with E-state index in [0.29, 0.717) is 31.2 Å². The standard InChI is InChI=1S/C13H19N5O2/c1-13(2,3)20-12(19)17-7-4-6-15-11-16-8-5-10(9-14)18-11/h5,8H,4,6-7H2,1-3H3,(H,17,19)(H,15,16,18). The second-order valence-corrected chi connectivity index (χ2v) is 5.09. The van der Waals surface area contributed by atoms with Crippen molar-refractivity contribution in [3.63, 3.8) is 0 Å². The van der Waals surface area contributed by atoms with Crippen LogP contribution in [0, 0.1) is 11.3 Å². The second-order valence-electron chi connectivity index (χ2n) is 5.09. The number of nitrogens with zero attached hydrogens (tertiary/aromatic N) is 3. The van der Waals surface area contributed by atoms with Crippen molar-refractivity contribution in [1.82, 2.24) is 15.3 Å². The molecule has 2 N–H and O–H groups in total. The maximum atomic E-state index is 11.4. The first-order valence-electron chi connectivity index (χ1n) is 6.34. The summed E-state index contributed by atoms with van der Waals surface area (Å²) in [6, 6.07) is 3.48. The van der Waals surface area contributed by atoms with Crippen molar-refractivity contribution in [3.05, 3.63) is 18.0 Å². The Hall–Kier alpha value is -2.36. The Morgan fingerprint density at radius 3 is 2.85 bits per heavy atom. The van der Waals surface area contributed by atoms with E-state index in [9.17, 15) is 4.79 Å². The van der Waals surface area contributed by atoms with E-state index in [-0.39, 0.29) is 0 Å². The molecule has 1 aromatic heterocycles. The molecule has 0 fully saturated rings. The number of nitrogens with one attached hydrogen (secondary N) is 2. The molecule has 7 nitrogen and oxygen atoms in total. The van der Waals surface area contributed by atoms with E-state index >= 15 is 0 Å². The predicted octanol–water partition coefficient (Wildman–Crippen LogP) is 1.67. The SMILES string of the molecule is CC(C)(C)OC(=O)NCCCNc1nccc(C#N)n1. The molecule has 0 aliphatic rings. The third kappa shape index (κ3) is 6.54. The van der Waals surface area contributed by atoms with E-state index in [1.54, 1.807) is 0 Å². The van der Waals surface area contributed by atoms with Gasteiger partial charge in [0.05, 0.1) is 0 Å². The normalized spacial score (nSPS) is 10.5. The van der Waals surface area contributed by atoms with E-state index in [0.717, 1.165) is 0 Å². The fraction of sp³-hybridized carbons (Fsp3) is 0.538. The van der Waals surface area contributed by atoms with Gasteiger partial charge >= 0.3 is 6.09 Å². The highest BCUT2D eigenvalue weighted by atomic mass is 16.6. The highest BCUT2D eigenvalue weighted by Gasteiger charge is 2.15. The largest absolute Gasteiger partial charge is 0.444 e. The van der Waals surface area contributed by atoms with E-state index in [2.05, 4.69) is 20.6 Å². The Morgan fingerprint density at radius 1 is 1.45 bits per heavy atom. The number of alkyl carbamates (subject to hydrolysis) is 1. The number of hydrogen-bond acceptors (Lipinski definition) is 6. The van der Waals surface area contributed by atoms with E-state index in [1.807, 2.05) is 26.8 Å². The third-order valence-corrected chi connectivity index (χ3v) is 2.08. The van der Waals surface area contributed by atoms with Crippen LogP contribution in [-0.2, 0) is 4.74 Å². The zero-order chi connectivity index (χ0) is 15.0. The highest BCUT2D eigenvalue weighted by Crippen LogP contribution is 2.06. The van der Waals surface area contributed by atoms with Gasteiger partial charge in [-0.1, -0.05) is 0 Å². The number of amides is 1. The number of hydrogen-bond donors (Lipinski definition) is 2. The molecule has 108 valence electrons. The zero-order valence-electron chi connectivity index (χ0n) is 11.9. The van der Waals surface area contributed by atoms with Crippen LogP contribution in [0.4, 0.5) is 10.7 Å². The lowest BCUT2D eigenvalue weighted by Crippen LogP contribution is -2.33. The molecule has 1 amide bonds. The molecule has 1 aromatic rings. The predicted molar refractivity (Wildman–Crippen MR) is 74.1 cm³/mol. The molecular weight excluding hydrogens is 258 g/mol. The Kier molecular flexibility index (Phi) is 5.72. The van der Waals surface area contributed by atoms with Gasteiger partial charge < -0.3 is 15.4 Å². The van der Waals surface area contributed by atoms with Gasteiger partial charge in [0.2, 0.25) is 5.95 Å². The number of nitriles is 1. The summed E-state index contributed by atoms with van der Waals surface area (Å²) in [4.78, 5) is 19.3. The van der Waals surface area contributed by atoms with Crippen LogP contribution in [0.3, 0.4) is 0 Å². The maximum absolute atomic E-state index is 11.4. The summed E-state index contributed by atoms with van der Waals surface area (Å²) in [6.45, 7) is 6.51. The molecule has 0 aliphatic heterocycles. The number of carbonyl (C=O) groups is 1. The van der Waals surface area contributed by atoms with Crippen molar-refractivity contribution >= 4 is 12.0 Å². The summed E-state index contributed by atoms with van der Waals surface area (Å²) >= 11 is 0. The molecule has 7 heteroatoms. The molecule has 0 atom stereocenters. The molecule has 0 bridgehead atoms. The van der Waals surface area contributed by atoms with Gasteiger partial charge in [-0.25, -0.2) is 14.8 Å². The minimum absolute atomic E-state index is 0.314. The monoisotopic (exact) mass is 277 g/mol. The van der Waals surface area contributed by atoms with Crippen molar-refractivity contribution in [2.24, 2.45) is 0 Å². The van der Waals surface area contributed by atoms with Gasteiger partial charge in [0.1, 0.15) is 17.4 Å². The summed E-state index contributed by atoms with van der Waals surface area (Å²) < 4.78 is 5.10. The zero-order valence-corrected chi connectivity index (χ0v) is 11.9. The minimum Gasteiger partial charge on any atom is -0.444 e. The first kappa shape index (κ1) is 15.7. The van der Waals surface area contributed by atoms with Gasteiger partial charge in [0, 0.05) is 19.3 Å². The maximum Gasteiger partial charge on any atom is 0.407 e. The lowest BCUT2D eigenvalue weighted by atomic mass is 10.2. The molecule has 0 saturated heterocycles. The second kappa shape index (κ2) is 7.28. The number of carbonyl (C=O) groups excluding carboxylic acids is 1. The summed E-state index contributed by atoms with van der Waals surface area (Å²) in [6.07, 6.45) is 1.78. The van der Waals surface area contributed by atoms with Crippen LogP contribution in [0.1, 0.15) is 32.9 Å². The molecular formula is C13H19N5O2. The fourth-order valence-electron chi connectivity index (χ4n) is 1.30. The van der Waals surface area contributed by atoms with Gasteiger partial charge in [-0.3, -0.25) is 0 Å². The molecule has 0 aliphatic carbocycles. The number of rotatable bonds is 5. The Balaban J connectivity index is 2.19. The topological polar surface area (TPSA) is 99.9 Å².